The summed E-state index contributed by atoms with van der Waals surface area (Å²) in [5.74, 6) is -1.52. The van der Waals surface area contributed by atoms with Crippen molar-refractivity contribution < 1.29 is 24.6 Å². The Morgan fingerprint density at radius 1 is 1.11 bits per heavy atom. The fourth-order valence-corrected chi connectivity index (χ4v) is 2.63. The fraction of sp³-hybridized carbons (Fsp3) is 0.619. The van der Waals surface area contributed by atoms with Crippen LogP contribution in [0.4, 0.5) is 0 Å². The van der Waals surface area contributed by atoms with Crippen LogP contribution in [-0.4, -0.2) is 39.9 Å². The predicted molar refractivity (Wildman–Crippen MR) is 104 cm³/mol. The molecule has 0 saturated carbocycles. The Morgan fingerprint density at radius 2 is 1.67 bits per heavy atom. The van der Waals surface area contributed by atoms with Crippen molar-refractivity contribution in [1.29, 1.82) is 0 Å². The minimum absolute atomic E-state index is 0.0158. The summed E-state index contributed by atoms with van der Waals surface area (Å²) in [5.41, 5.74) is 2.04. The predicted octanol–water partition coefficient (Wildman–Crippen LogP) is 4.13. The topological polar surface area (TPSA) is 87.1 Å². The zero-order valence-corrected chi connectivity index (χ0v) is 17.5. The maximum atomic E-state index is 12.2. The van der Waals surface area contributed by atoms with E-state index >= 15 is 0 Å². The fourth-order valence-electron chi connectivity index (χ4n) is 2.63. The molecule has 0 aromatic heterocycles. The van der Waals surface area contributed by atoms with E-state index in [2.05, 4.69) is 47.6 Å². The summed E-state index contributed by atoms with van der Waals surface area (Å²) in [6.07, 6.45) is 0.862. The van der Waals surface area contributed by atoms with Crippen LogP contribution in [0, 0.1) is 0 Å². The van der Waals surface area contributed by atoms with Gasteiger partial charge in [0.2, 0.25) is 0 Å². The average molecular weight is 379 g/mol. The molecule has 6 nitrogen and oxygen atoms in total. The molecule has 0 radical (unpaired) electrons. The second kappa shape index (κ2) is 8.74. The SMILES string of the molecule is CCC(C)(C)c1ccc(OC(C)C(=O)N(O)CC(=O)O)c(C(C)(C)CC)c1. The van der Waals surface area contributed by atoms with E-state index in [1.165, 1.54) is 12.5 Å². The van der Waals surface area contributed by atoms with Crippen molar-refractivity contribution in [2.45, 2.75) is 78.2 Å². The minimum Gasteiger partial charge on any atom is -0.480 e. The number of hydrogen-bond donors (Lipinski definition) is 2. The maximum absolute atomic E-state index is 12.2. The third-order valence-electron chi connectivity index (χ3n) is 5.45. The highest BCUT2D eigenvalue weighted by molar-refractivity contribution is 5.83. The number of hydrogen-bond acceptors (Lipinski definition) is 4. The largest absolute Gasteiger partial charge is 0.480 e. The summed E-state index contributed by atoms with van der Waals surface area (Å²) in [7, 11) is 0. The Morgan fingerprint density at radius 3 is 2.15 bits per heavy atom. The van der Waals surface area contributed by atoms with Gasteiger partial charge in [0.15, 0.2) is 6.10 Å². The molecule has 1 aromatic rings. The molecule has 0 aliphatic carbocycles. The Hall–Kier alpha value is -2.08. The van der Waals surface area contributed by atoms with Crippen LogP contribution < -0.4 is 4.74 Å². The molecule has 2 N–H and O–H groups in total. The first-order chi connectivity index (χ1) is 12.4. The summed E-state index contributed by atoms with van der Waals surface area (Å²) in [4.78, 5) is 22.9. The van der Waals surface area contributed by atoms with Gasteiger partial charge in [0.1, 0.15) is 12.3 Å². The number of carboxylic acid groups (broad SMARTS) is 1. The highest BCUT2D eigenvalue weighted by atomic mass is 16.5. The molecule has 6 heteroatoms. The van der Waals surface area contributed by atoms with Crippen molar-refractivity contribution >= 4 is 11.9 Å². The Bertz CT molecular complexity index is 681. The van der Waals surface area contributed by atoms with E-state index in [0.29, 0.717) is 5.75 Å². The lowest BCUT2D eigenvalue weighted by molar-refractivity contribution is -0.179. The maximum Gasteiger partial charge on any atom is 0.325 e. The first kappa shape index (κ1) is 23.0. The van der Waals surface area contributed by atoms with E-state index in [1.54, 1.807) is 0 Å². The smallest absolute Gasteiger partial charge is 0.325 e. The molecule has 0 aliphatic heterocycles. The number of hydroxylamine groups is 2. The lowest BCUT2D eigenvalue weighted by atomic mass is 9.76. The summed E-state index contributed by atoms with van der Waals surface area (Å²) in [6.45, 7) is 13.6. The molecule has 1 amide bonds. The van der Waals surface area contributed by atoms with Gasteiger partial charge in [-0.15, -0.1) is 0 Å². The van der Waals surface area contributed by atoms with Gasteiger partial charge in [-0.25, -0.2) is 5.06 Å². The van der Waals surface area contributed by atoms with Gasteiger partial charge in [-0.2, -0.15) is 0 Å². The van der Waals surface area contributed by atoms with Gasteiger partial charge >= 0.3 is 5.97 Å². The van der Waals surface area contributed by atoms with Crippen LogP contribution in [0.15, 0.2) is 18.2 Å². The number of carboxylic acids is 1. The van der Waals surface area contributed by atoms with E-state index < -0.39 is 24.5 Å². The molecule has 0 saturated heterocycles. The van der Waals surface area contributed by atoms with Crippen molar-refractivity contribution in [2.75, 3.05) is 6.54 Å². The third-order valence-corrected chi connectivity index (χ3v) is 5.45. The summed E-state index contributed by atoms with van der Waals surface area (Å²) < 4.78 is 5.86. The van der Waals surface area contributed by atoms with Crippen molar-refractivity contribution in [3.63, 3.8) is 0 Å². The first-order valence-corrected chi connectivity index (χ1v) is 9.39. The van der Waals surface area contributed by atoms with Crippen LogP contribution in [0.1, 0.15) is 72.4 Å². The second-order valence-electron chi connectivity index (χ2n) is 8.24. The number of ether oxygens (including phenoxy) is 1. The van der Waals surface area contributed by atoms with Crippen LogP contribution in [0.2, 0.25) is 0 Å². The lowest BCUT2D eigenvalue weighted by Gasteiger charge is -2.31. The van der Waals surface area contributed by atoms with Gasteiger partial charge < -0.3 is 9.84 Å². The minimum atomic E-state index is -1.29. The molecule has 1 unspecified atom stereocenters. The summed E-state index contributed by atoms with van der Waals surface area (Å²) in [6, 6.07) is 5.99. The van der Waals surface area contributed by atoms with Gasteiger partial charge in [-0.3, -0.25) is 14.8 Å². The number of carbonyl (C=O) groups excluding carboxylic acids is 1. The molecular formula is C21H33NO5. The van der Waals surface area contributed by atoms with Crippen molar-refractivity contribution in [1.82, 2.24) is 5.06 Å². The van der Waals surface area contributed by atoms with Crippen molar-refractivity contribution in [3.8, 4) is 5.75 Å². The third kappa shape index (κ3) is 5.70. The first-order valence-electron chi connectivity index (χ1n) is 9.39. The Kier molecular flexibility index (Phi) is 7.43. The summed E-state index contributed by atoms with van der Waals surface area (Å²) in [5, 5.41) is 18.5. The number of aliphatic carboxylic acids is 1. The number of amides is 1. The molecule has 0 bridgehead atoms. The van der Waals surface area contributed by atoms with Crippen LogP contribution in [0.25, 0.3) is 0 Å². The molecule has 1 rings (SSSR count). The Labute approximate surface area is 162 Å². The number of carbonyl (C=O) groups is 2. The molecule has 152 valence electrons. The molecule has 27 heavy (non-hydrogen) atoms. The zero-order chi connectivity index (χ0) is 21.0. The number of nitrogens with zero attached hydrogens (tertiary/aromatic N) is 1. The number of rotatable bonds is 9. The molecule has 0 spiro atoms. The molecule has 0 heterocycles. The van der Waals surface area contributed by atoms with Gasteiger partial charge in [0.25, 0.3) is 5.91 Å². The van der Waals surface area contributed by atoms with Crippen LogP contribution in [-0.2, 0) is 20.4 Å². The van der Waals surface area contributed by atoms with Crippen LogP contribution >= 0.6 is 0 Å². The van der Waals surface area contributed by atoms with Crippen molar-refractivity contribution in [3.05, 3.63) is 29.3 Å². The Balaban J connectivity index is 3.23. The van der Waals surface area contributed by atoms with Crippen LogP contribution in [0.5, 0.6) is 5.75 Å². The van der Waals surface area contributed by atoms with Crippen LogP contribution in [0.3, 0.4) is 0 Å². The highest BCUT2D eigenvalue weighted by Crippen LogP contribution is 2.38. The molecule has 1 aromatic carbocycles. The molecule has 0 fully saturated rings. The van der Waals surface area contributed by atoms with Crippen molar-refractivity contribution in [2.24, 2.45) is 0 Å². The van der Waals surface area contributed by atoms with Gasteiger partial charge in [-0.1, -0.05) is 53.7 Å². The lowest BCUT2D eigenvalue weighted by Crippen LogP contribution is -2.41. The standard InChI is InChI=1S/C21H33NO5/c1-8-20(4,5)15-10-11-17(16(12-15)21(6,7)9-2)27-14(3)19(25)22(26)13-18(23)24/h10-12,14,26H,8-9,13H2,1-7H3,(H,23,24). The van der Waals surface area contributed by atoms with E-state index in [1.807, 2.05) is 12.1 Å². The summed E-state index contributed by atoms with van der Waals surface area (Å²) >= 11 is 0. The molecule has 1 atom stereocenters. The van der Waals surface area contributed by atoms with E-state index in [4.69, 9.17) is 9.84 Å². The zero-order valence-electron chi connectivity index (χ0n) is 17.5. The van der Waals surface area contributed by atoms with Gasteiger partial charge in [0.05, 0.1) is 0 Å². The van der Waals surface area contributed by atoms with E-state index in [9.17, 15) is 14.8 Å². The number of benzene rings is 1. The van der Waals surface area contributed by atoms with E-state index in [-0.39, 0.29) is 15.9 Å². The highest BCUT2D eigenvalue weighted by Gasteiger charge is 2.29. The van der Waals surface area contributed by atoms with Gasteiger partial charge in [0, 0.05) is 5.56 Å². The monoisotopic (exact) mass is 379 g/mol. The second-order valence-corrected chi connectivity index (χ2v) is 8.24. The molecule has 0 aliphatic rings. The molecular weight excluding hydrogens is 346 g/mol. The van der Waals surface area contributed by atoms with Gasteiger partial charge in [-0.05, 0) is 42.2 Å². The average Bonchev–Trinajstić information content (AvgIpc) is 2.60. The normalized spacial score (nSPS) is 13.2. The van der Waals surface area contributed by atoms with E-state index in [0.717, 1.165) is 18.4 Å². The quantitative estimate of drug-likeness (QED) is 0.497.